The largest absolute Gasteiger partial charge is 0.478 e. The lowest BCUT2D eigenvalue weighted by Gasteiger charge is -2.07. The van der Waals surface area contributed by atoms with E-state index in [1.54, 1.807) is 4.89 Å². The molecule has 0 aromatic heterocycles. The van der Waals surface area contributed by atoms with Crippen LogP contribution in [-0.2, 0) is 19.7 Å². The zero-order valence-electron chi connectivity index (χ0n) is 9.29. The van der Waals surface area contributed by atoms with Gasteiger partial charge in [-0.3, -0.25) is 9.63 Å². The van der Waals surface area contributed by atoms with E-state index in [-0.39, 0.29) is 15.5 Å². The van der Waals surface area contributed by atoms with Crippen molar-refractivity contribution >= 4 is 33.5 Å². The lowest BCUT2D eigenvalue weighted by molar-refractivity contribution is -0.123. The van der Waals surface area contributed by atoms with Crippen molar-refractivity contribution in [3.8, 4) is 0 Å². The van der Waals surface area contributed by atoms with E-state index in [1.165, 1.54) is 0 Å². The highest BCUT2D eigenvalue weighted by molar-refractivity contribution is 7.89. The van der Waals surface area contributed by atoms with Crippen LogP contribution in [0.25, 0.3) is 0 Å². The van der Waals surface area contributed by atoms with E-state index < -0.39 is 28.5 Å². The van der Waals surface area contributed by atoms with Crippen LogP contribution in [0, 0.1) is 0 Å². The Bertz CT molecular complexity index is 615. The average Bonchev–Trinajstić information content (AvgIpc) is 2.27. The molecule has 0 saturated heterocycles. The van der Waals surface area contributed by atoms with Gasteiger partial charge >= 0.3 is 5.97 Å². The molecule has 0 saturated carbocycles. The summed E-state index contributed by atoms with van der Waals surface area (Å²) in [6.07, 6.45) is 0. The second-order valence-electron chi connectivity index (χ2n) is 3.29. The molecule has 0 spiro atoms. The highest BCUT2D eigenvalue weighted by Crippen LogP contribution is 2.20. The first-order valence-corrected chi connectivity index (χ1v) is 6.55. The Morgan fingerprint density at radius 2 is 2.05 bits per heavy atom. The first-order valence-electron chi connectivity index (χ1n) is 4.69. The third kappa shape index (κ3) is 4.17. The lowest BCUT2D eigenvalue weighted by Crippen LogP contribution is -2.29. The maximum absolute atomic E-state index is 11.7. The summed E-state index contributed by atoms with van der Waals surface area (Å²) in [6, 6.07) is 3.07. The number of primary amides is 1. The zero-order chi connectivity index (χ0) is 14.6. The molecule has 1 aromatic rings. The van der Waals surface area contributed by atoms with Crippen LogP contribution < -0.4 is 10.6 Å². The molecule has 104 valence electrons. The monoisotopic (exact) mass is 308 g/mol. The number of amides is 1. The minimum absolute atomic E-state index is 0.107. The molecule has 0 fully saturated rings. The van der Waals surface area contributed by atoms with Crippen molar-refractivity contribution in [2.24, 2.45) is 5.73 Å². The Morgan fingerprint density at radius 1 is 1.42 bits per heavy atom. The Hall–Kier alpha value is -1.68. The van der Waals surface area contributed by atoms with Gasteiger partial charge in [-0.05, 0) is 18.2 Å². The number of carboxylic acid groups (broad SMARTS) is 1. The van der Waals surface area contributed by atoms with Crippen LogP contribution in [0.2, 0.25) is 5.02 Å². The summed E-state index contributed by atoms with van der Waals surface area (Å²) in [7, 11) is -4.13. The van der Waals surface area contributed by atoms with Crippen LogP contribution in [0.3, 0.4) is 0 Å². The third-order valence-electron chi connectivity index (χ3n) is 1.86. The molecule has 10 heteroatoms. The van der Waals surface area contributed by atoms with Crippen LogP contribution in [0.1, 0.15) is 10.4 Å². The molecular weight excluding hydrogens is 300 g/mol. The number of carboxylic acids is 1. The molecule has 0 atom stereocenters. The molecule has 0 heterocycles. The van der Waals surface area contributed by atoms with Crippen molar-refractivity contribution in [2.75, 3.05) is 6.61 Å². The zero-order valence-corrected chi connectivity index (χ0v) is 10.9. The highest BCUT2D eigenvalue weighted by atomic mass is 35.5. The third-order valence-corrected chi connectivity index (χ3v) is 3.40. The highest BCUT2D eigenvalue weighted by Gasteiger charge is 2.18. The van der Waals surface area contributed by atoms with Crippen molar-refractivity contribution in [3.05, 3.63) is 28.8 Å². The SMILES string of the molecule is NC(=O)CONS(=O)(=O)c1ccc(Cl)c(C(=O)O)c1. The van der Waals surface area contributed by atoms with E-state index in [4.69, 9.17) is 22.4 Å². The number of aromatic carboxylic acids is 1. The summed E-state index contributed by atoms with van der Waals surface area (Å²) in [5.74, 6) is -2.25. The summed E-state index contributed by atoms with van der Waals surface area (Å²) < 4.78 is 23.4. The lowest BCUT2D eigenvalue weighted by atomic mass is 10.2. The molecule has 1 rings (SSSR count). The number of nitrogens with two attached hydrogens (primary N) is 1. The number of hydrogen-bond acceptors (Lipinski definition) is 5. The standard InChI is InChI=1S/C9H9ClN2O6S/c10-7-2-1-5(3-6(7)9(14)15)19(16,17)12-18-4-8(11)13/h1-3,12H,4H2,(H2,11,13)(H,14,15). The number of benzene rings is 1. The molecule has 0 bridgehead atoms. The second kappa shape index (κ2) is 5.97. The fourth-order valence-corrected chi connectivity index (χ4v) is 2.09. The van der Waals surface area contributed by atoms with E-state index in [0.717, 1.165) is 18.2 Å². The topological polar surface area (TPSA) is 136 Å². The van der Waals surface area contributed by atoms with E-state index >= 15 is 0 Å². The number of rotatable bonds is 6. The van der Waals surface area contributed by atoms with E-state index in [2.05, 4.69) is 4.84 Å². The van der Waals surface area contributed by atoms with Crippen LogP contribution in [0.5, 0.6) is 0 Å². The molecule has 0 aliphatic carbocycles. The number of halogens is 1. The van der Waals surface area contributed by atoms with Crippen molar-refractivity contribution in [1.29, 1.82) is 0 Å². The summed E-state index contributed by atoms with van der Waals surface area (Å²) in [6.45, 7) is -0.654. The van der Waals surface area contributed by atoms with Gasteiger partial charge in [-0.15, -0.1) is 0 Å². The molecule has 8 nitrogen and oxygen atoms in total. The van der Waals surface area contributed by atoms with Gasteiger partial charge in [0.15, 0.2) is 0 Å². The van der Waals surface area contributed by atoms with Crippen molar-refractivity contribution in [2.45, 2.75) is 4.90 Å². The van der Waals surface area contributed by atoms with Crippen molar-refractivity contribution in [1.82, 2.24) is 4.89 Å². The number of carbonyl (C=O) groups is 2. The Morgan fingerprint density at radius 3 is 2.58 bits per heavy atom. The first kappa shape index (κ1) is 15.4. The van der Waals surface area contributed by atoms with Gasteiger partial charge in [-0.1, -0.05) is 16.5 Å². The van der Waals surface area contributed by atoms with E-state index in [0.29, 0.717) is 0 Å². The van der Waals surface area contributed by atoms with Crippen LogP contribution in [0.4, 0.5) is 0 Å². The molecule has 0 aliphatic heterocycles. The first-order chi connectivity index (χ1) is 8.74. The predicted molar refractivity (Wildman–Crippen MR) is 63.9 cm³/mol. The van der Waals surface area contributed by atoms with Crippen LogP contribution in [0.15, 0.2) is 23.1 Å². The summed E-state index contributed by atoms with van der Waals surface area (Å²) in [5, 5.41) is 8.71. The minimum atomic E-state index is -4.13. The molecule has 0 radical (unpaired) electrons. The summed E-state index contributed by atoms with van der Waals surface area (Å²) in [4.78, 5) is 26.8. The molecule has 4 N–H and O–H groups in total. The quantitative estimate of drug-likeness (QED) is 0.619. The normalized spacial score (nSPS) is 11.2. The van der Waals surface area contributed by atoms with E-state index in [9.17, 15) is 18.0 Å². The average molecular weight is 309 g/mol. The number of hydrogen-bond donors (Lipinski definition) is 3. The Balaban J connectivity index is 2.99. The van der Waals surface area contributed by atoms with Gasteiger partial charge in [0.2, 0.25) is 5.91 Å². The molecule has 1 amide bonds. The van der Waals surface area contributed by atoms with Gasteiger partial charge in [0.05, 0.1) is 15.5 Å². The number of nitrogens with one attached hydrogen (secondary N) is 1. The van der Waals surface area contributed by atoms with Gasteiger partial charge in [-0.2, -0.15) is 0 Å². The second-order valence-corrected chi connectivity index (χ2v) is 5.34. The van der Waals surface area contributed by atoms with Gasteiger partial charge in [0.1, 0.15) is 6.61 Å². The van der Waals surface area contributed by atoms with Crippen LogP contribution in [-0.4, -0.2) is 32.0 Å². The molecule has 0 unspecified atom stereocenters. The smallest absolute Gasteiger partial charge is 0.337 e. The minimum Gasteiger partial charge on any atom is -0.478 e. The maximum atomic E-state index is 11.7. The maximum Gasteiger partial charge on any atom is 0.337 e. The Labute approximate surface area is 113 Å². The fourth-order valence-electron chi connectivity index (χ4n) is 1.06. The fraction of sp³-hybridized carbons (Fsp3) is 0.111. The van der Waals surface area contributed by atoms with Gasteiger partial charge in [0.25, 0.3) is 10.0 Å². The van der Waals surface area contributed by atoms with Gasteiger partial charge in [0, 0.05) is 0 Å². The number of sulfonamides is 1. The van der Waals surface area contributed by atoms with Gasteiger partial charge < -0.3 is 10.8 Å². The summed E-state index contributed by atoms with van der Waals surface area (Å²) in [5.41, 5.74) is 4.37. The van der Waals surface area contributed by atoms with Gasteiger partial charge in [-0.25, -0.2) is 13.2 Å². The predicted octanol–water partition coefficient (Wildman–Crippen LogP) is -0.267. The molecule has 19 heavy (non-hydrogen) atoms. The summed E-state index contributed by atoms with van der Waals surface area (Å²) >= 11 is 5.60. The van der Waals surface area contributed by atoms with Crippen molar-refractivity contribution in [3.63, 3.8) is 0 Å². The molecule has 0 aliphatic rings. The van der Waals surface area contributed by atoms with Crippen LogP contribution >= 0.6 is 11.6 Å². The number of carbonyl (C=O) groups excluding carboxylic acids is 1. The van der Waals surface area contributed by atoms with E-state index in [1.807, 2.05) is 0 Å². The molecular formula is C9H9ClN2O6S. The van der Waals surface area contributed by atoms with Crippen molar-refractivity contribution < 1.29 is 28.0 Å². The molecule has 1 aromatic carbocycles. The Kier molecular flexibility index (Phi) is 4.84.